The van der Waals surface area contributed by atoms with Crippen molar-refractivity contribution in [1.29, 1.82) is 0 Å². The smallest absolute Gasteiger partial charge is 0.264 e. The van der Waals surface area contributed by atoms with E-state index in [1.54, 1.807) is 49.6 Å². The molecule has 0 aliphatic carbocycles. The molecule has 4 aromatic rings. The zero-order chi connectivity index (χ0) is 33.3. The lowest BCUT2D eigenvalue weighted by molar-refractivity contribution is -0.140. The Balaban J connectivity index is 1.80. The molecule has 4 aromatic carbocycles. The average Bonchev–Trinajstić information content (AvgIpc) is 3.05. The topological polar surface area (TPSA) is 96.0 Å². The van der Waals surface area contributed by atoms with Crippen LogP contribution in [0.5, 0.6) is 5.75 Å². The highest BCUT2D eigenvalue weighted by Gasteiger charge is 2.34. The summed E-state index contributed by atoms with van der Waals surface area (Å²) in [6.45, 7) is 5.64. The minimum absolute atomic E-state index is 0.0148. The number of carbonyl (C=O) groups excluding carboxylic acids is 2. The van der Waals surface area contributed by atoms with Crippen LogP contribution in [0, 0.1) is 18.7 Å². The quantitative estimate of drug-likeness (QED) is 0.189. The summed E-state index contributed by atoms with van der Waals surface area (Å²) < 4.78 is 48.2. The van der Waals surface area contributed by atoms with Crippen molar-refractivity contribution in [1.82, 2.24) is 10.2 Å². The summed E-state index contributed by atoms with van der Waals surface area (Å²) in [5.74, 6) is -0.778. The molecular formula is C36H40FN3O5S. The van der Waals surface area contributed by atoms with Gasteiger partial charge in [-0.05, 0) is 72.5 Å². The number of aryl methyl sites for hydroxylation is 1. The Bertz CT molecular complexity index is 1710. The molecule has 0 aliphatic rings. The minimum Gasteiger partial charge on any atom is -0.497 e. The molecule has 242 valence electrons. The largest absolute Gasteiger partial charge is 0.497 e. The van der Waals surface area contributed by atoms with Crippen LogP contribution in [-0.2, 0) is 32.6 Å². The first kappa shape index (κ1) is 34.2. The Morgan fingerprint density at radius 1 is 0.870 bits per heavy atom. The molecule has 0 radical (unpaired) electrons. The maximum atomic E-state index is 14.5. The number of methoxy groups -OCH3 is 1. The van der Waals surface area contributed by atoms with Gasteiger partial charge in [-0.25, -0.2) is 12.8 Å². The number of halogens is 1. The third-order valence-electron chi connectivity index (χ3n) is 7.45. The third-order valence-corrected chi connectivity index (χ3v) is 9.23. The molecule has 0 saturated carbocycles. The van der Waals surface area contributed by atoms with Crippen molar-refractivity contribution in [3.8, 4) is 5.75 Å². The predicted octanol–water partition coefficient (Wildman–Crippen LogP) is 5.75. The van der Waals surface area contributed by atoms with Gasteiger partial charge in [0.1, 0.15) is 24.2 Å². The molecule has 8 nitrogen and oxygen atoms in total. The first-order valence-corrected chi connectivity index (χ1v) is 16.5. The van der Waals surface area contributed by atoms with E-state index in [9.17, 15) is 22.4 Å². The zero-order valence-electron chi connectivity index (χ0n) is 26.5. The zero-order valence-corrected chi connectivity index (χ0v) is 27.3. The SMILES string of the molecule is COc1cccc(CN(C(=O)CN(c2ccc(C)cc2)S(=O)(=O)c2ccc(F)cc2)[C@H](Cc2ccccc2)C(=O)NCC(C)C)c1. The van der Waals surface area contributed by atoms with E-state index in [2.05, 4.69) is 5.32 Å². The molecule has 2 amide bonds. The summed E-state index contributed by atoms with van der Waals surface area (Å²) in [6.07, 6.45) is 0.204. The van der Waals surface area contributed by atoms with Gasteiger partial charge in [0.2, 0.25) is 11.8 Å². The second-order valence-electron chi connectivity index (χ2n) is 11.5. The molecule has 4 rings (SSSR count). The van der Waals surface area contributed by atoms with Crippen molar-refractivity contribution in [2.75, 3.05) is 24.5 Å². The van der Waals surface area contributed by atoms with Crippen molar-refractivity contribution in [3.63, 3.8) is 0 Å². The number of carbonyl (C=O) groups is 2. The molecule has 10 heteroatoms. The van der Waals surface area contributed by atoms with E-state index in [4.69, 9.17) is 4.74 Å². The van der Waals surface area contributed by atoms with Gasteiger partial charge in [0.05, 0.1) is 17.7 Å². The highest BCUT2D eigenvalue weighted by molar-refractivity contribution is 7.92. The molecule has 1 atom stereocenters. The summed E-state index contributed by atoms with van der Waals surface area (Å²) in [5.41, 5.74) is 2.70. The summed E-state index contributed by atoms with van der Waals surface area (Å²) >= 11 is 0. The Morgan fingerprint density at radius 3 is 2.15 bits per heavy atom. The van der Waals surface area contributed by atoms with E-state index in [1.807, 2.05) is 57.2 Å². The summed E-state index contributed by atoms with van der Waals surface area (Å²) in [5, 5.41) is 2.97. The number of anilines is 1. The fraction of sp³-hybridized carbons (Fsp3) is 0.278. The number of ether oxygens (including phenoxy) is 1. The van der Waals surface area contributed by atoms with Crippen LogP contribution in [0.3, 0.4) is 0 Å². The monoisotopic (exact) mass is 645 g/mol. The van der Waals surface area contributed by atoms with E-state index in [0.29, 0.717) is 17.9 Å². The molecule has 0 heterocycles. The number of rotatable bonds is 14. The predicted molar refractivity (Wildman–Crippen MR) is 177 cm³/mol. The normalized spacial score (nSPS) is 12.0. The molecule has 0 fully saturated rings. The highest BCUT2D eigenvalue weighted by atomic mass is 32.2. The standard InChI is InChI=1S/C36H40FN3O5S/c1-26(2)23-38-36(42)34(22-28-9-6-5-7-10-28)39(24-29-11-8-12-32(21-29)45-4)35(41)25-40(31-17-13-27(3)14-18-31)46(43,44)33-19-15-30(37)16-20-33/h5-21,26,34H,22-25H2,1-4H3,(H,38,42)/t34-/m1/s1. The van der Waals surface area contributed by atoms with E-state index < -0.39 is 34.3 Å². The molecule has 0 unspecified atom stereocenters. The van der Waals surface area contributed by atoms with E-state index in [1.165, 1.54) is 17.0 Å². The first-order chi connectivity index (χ1) is 22.0. The van der Waals surface area contributed by atoms with Crippen LogP contribution >= 0.6 is 0 Å². The number of hydrogen-bond donors (Lipinski definition) is 1. The van der Waals surface area contributed by atoms with Crippen LogP contribution in [0.4, 0.5) is 10.1 Å². The van der Waals surface area contributed by atoms with E-state index >= 15 is 0 Å². The fourth-order valence-corrected chi connectivity index (χ4v) is 6.33. The fourth-order valence-electron chi connectivity index (χ4n) is 4.92. The summed E-state index contributed by atoms with van der Waals surface area (Å²) in [4.78, 5) is 29.6. The molecule has 0 spiro atoms. The van der Waals surface area contributed by atoms with Crippen LogP contribution in [0.2, 0.25) is 0 Å². The Morgan fingerprint density at radius 2 is 1.52 bits per heavy atom. The van der Waals surface area contributed by atoms with Crippen LogP contribution in [-0.4, -0.2) is 51.4 Å². The van der Waals surface area contributed by atoms with Gasteiger partial charge >= 0.3 is 0 Å². The number of hydrogen-bond acceptors (Lipinski definition) is 5. The van der Waals surface area contributed by atoms with Gasteiger partial charge < -0.3 is 15.0 Å². The van der Waals surface area contributed by atoms with Crippen LogP contribution in [0.1, 0.15) is 30.5 Å². The molecule has 0 bridgehead atoms. The molecule has 46 heavy (non-hydrogen) atoms. The minimum atomic E-state index is -4.32. The number of sulfonamides is 1. The van der Waals surface area contributed by atoms with Crippen LogP contribution in [0.15, 0.2) is 108 Å². The maximum Gasteiger partial charge on any atom is 0.264 e. The van der Waals surface area contributed by atoms with E-state index in [0.717, 1.165) is 27.6 Å². The van der Waals surface area contributed by atoms with Gasteiger partial charge in [0.15, 0.2) is 0 Å². The van der Waals surface area contributed by atoms with Crippen LogP contribution < -0.4 is 14.4 Å². The van der Waals surface area contributed by atoms with Gasteiger partial charge in [-0.1, -0.05) is 74.0 Å². The number of benzene rings is 4. The molecule has 0 aliphatic heterocycles. The third kappa shape index (κ3) is 8.94. The average molecular weight is 646 g/mol. The Kier molecular flexibility index (Phi) is 11.5. The van der Waals surface area contributed by atoms with Gasteiger partial charge in [-0.3, -0.25) is 13.9 Å². The second kappa shape index (κ2) is 15.5. The van der Waals surface area contributed by atoms with Crippen molar-refractivity contribution in [2.24, 2.45) is 5.92 Å². The number of nitrogens with zero attached hydrogens (tertiary/aromatic N) is 2. The lowest BCUT2D eigenvalue weighted by atomic mass is 10.0. The van der Waals surface area contributed by atoms with Crippen molar-refractivity contribution in [2.45, 2.75) is 44.7 Å². The highest BCUT2D eigenvalue weighted by Crippen LogP contribution is 2.26. The summed E-state index contributed by atoms with van der Waals surface area (Å²) in [7, 11) is -2.78. The van der Waals surface area contributed by atoms with Crippen molar-refractivity contribution < 1.29 is 27.1 Å². The van der Waals surface area contributed by atoms with Gasteiger partial charge in [-0.15, -0.1) is 0 Å². The Labute approximate surface area is 270 Å². The molecular weight excluding hydrogens is 605 g/mol. The van der Waals surface area contributed by atoms with Gasteiger partial charge in [0.25, 0.3) is 10.0 Å². The molecule has 0 aromatic heterocycles. The Hall–Kier alpha value is -4.70. The molecule has 0 saturated heterocycles. The van der Waals surface area contributed by atoms with Crippen molar-refractivity contribution in [3.05, 3.63) is 126 Å². The van der Waals surface area contributed by atoms with Gasteiger partial charge in [0, 0.05) is 19.5 Å². The van der Waals surface area contributed by atoms with E-state index in [-0.39, 0.29) is 35.4 Å². The second-order valence-corrected chi connectivity index (χ2v) is 13.4. The lowest BCUT2D eigenvalue weighted by Crippen LogP contribution is -2.53. The molecule has 1 N–H and O–H groups in total. The lowest BCUT2D eigenvalue weighted by Gasteiger charge is -2.34. The van der Waals surface area contributed by atoms with Crippen LogP contribution in [0.25, 0.3) is 0 Å². The van der Waals surface area contributed by atoms with Crippen molar-refractivity contribution >= 4 is 27.5 Å². The van der Waals surface area contributed by atoms with Gasteiger partial charge in [-0.2, -0.15) is 0 Å². The first-order valence-electron chi connectivity index (χ1n) is 15.1. The number of amides is 2. The number of nitrogens with one attached hydrogen (secondary N) is 1. The maximum absolute atomic E-state index is 14.5. The summed E-state index contributed by atoms with van der Waals surface area (Å²) in [6, 6.07) is 26.8.